The molecule has 2 unspecified atom stereocenters. The average molecular weight is 389 g/mol. The molecule has 0 radical (unpaired) electrons. The molecule has 1 heterocycles. The number of piperazine rings is 1. The van der Waals surface area contributed by atoms with E-state index in [1.807, 2.05) is 41.3 Å². The van der Waals surface area contributed by atoms with E-state index in [9.17, 15) is 14.9 Å². The van der Waals surface area contributed by atoms with Gasteiger partial charge < -0.3 is 10.2 Å². The van der Waals surface area contributed by atoms with E-state index >= 15 is 0 Å². The normalized spacial score (nSPS) is 22.6. The predicted molar refractivity (Wildman–Crippen MR) is 83.8 cm³/mol. The smallest absolute Gasteiger partial charge is 0.270 e. The molecule has 2 atom stereocenters. The fourth-order valence-corrected chi connectivity index (χ4v) is 3.02. The highest BCUT2D eigenvalue weighted by Gasteiger charge is 2.29. The van der Waals surface area contributed by atoms with E-state index in [0.29, 0.717) is 15.7 Å². The van der Waals surface area contributed by atoms with E-state index in [0.717, 1.165) is 6.54 Å². The Morgan fingerprint density at radius 1 is 1.50 bits per heavy atom. The summed E-state index contributed by atoms with van der Waals surface area (Å²) in [6.45, 7) is 5.47. The fraction of sp³-hybridized carbons (Fsp3) is 0.462. The lowest BCUT2D eigenvalue weighted by Gasteiger charge is -2.38. The van der Waals surface area contributed by atoms with Crippen molar-refractivity contribution in [3.63, 3.8) is 0 Å². The molecule has 1 saturated heterocycles. The van der Waals surface area contributed by atoms with Gasteiger partial charge in [0.1, 0.15) is 0 Å². The number of amides is 1. The molecule has 1 aromatic rings. The minimum Gasteiger partial charge on any atom is -0.333 e. The molecular formula is C13H16IN3O3. The first-order valence-corrected chi connectivity index (χ1v) is 7.48. The molecule has 1 amide bonds. The lowest BCUT2D eigenvalue weighted by molar-refractivity contribution is -0.384. The number of benzene rings is 1. The molecule has 0 saturated carbocycles. The van der Waals surface area contributed by atoms with Gasteiger partial charge in [0.05, 0.1) is 10.5 Å². The molecule has 0 aromatic heterocycles. The van der Waals surface area contributed by atoms with Crippen LogP contribution in [0.3, 0.4) is 0 Å². The van der Waals surface area contributed by atoms with E-state index in [-0.39, 0.29) is 23.7 Å². The van der Waals surface area contributed by atoms with Crippen LogP contribution in [0.2, 0.25) is 0 Å². The van der Waals surface area contributed by atoms with E-state index in [4.69, 9.17) is 0 Å². The highest BCUT2D eigenvalue weighted by Crippen LogP contribution is 2.22. The molecular weight excluding hydrogens is 373 g/mol. The molecule has 1 aromatic carbocycles. The van der Waals surface area contributed by atoms with Crippen molar-refractivity contribution in [2.24, 2.45) is 0 Å². The van der Waals surface area contributed by atoms with Crippen LogP contribution in [-0.4, -0.2) is 40.9 Å². The number of nitro benzene ring substituents is 1. The van der Waals surface area contributed by atoms with Gasteiger partial charge in [-0.05, 0) is 42.5 Å². The van der Waals surface area contributed by atoms with Crippen molar-refractivity contribution in [1.29, 1.82) is 0 Å². The molecule has 20 heavy (non-hydrogen) atoms. The third kappa shape index (κ3) is 2.93. The number of hydrogen-bond acceptors (Lipinski definition) is 4. The van der Waals surface area contributed by atoms with Crippen molar-refractivity contribution in [2.75, 3.05) is 13.1 Å². The second-order valence-corrected chi connectivity index (χ2v) is 6.07. The largest absolute Gasteiger partial charge is 0.333 e. The van der Waals surface area contributed by atoms with Crippen LogP contribution in [0.15, 0.2) is 18.2 Å². The number of non-ortho nitro benzene ring substituents is 1. The standard InChI is InChI=1S/C13H16IN3O3/c1-8-9(2)16(6-5-15-8)13(18)11-4-3-10(17(19)20)7-12(11)14/h3-4,7-9,15H,5-6H2,1-2H3. The van der Waals surface area contributed by atoms with Crippen molar-refractivity contribution in [2.45, 2.75) is 25.9 Å². The van der Waals surface area contributed by atoms with Crippen LogP contribution in [0.5, 0.6) is 0 Å². The number of halogens is 1. The Hall–Kier alpha value is -1.22. The Morgan fingerprint density at radius 3 is 2.80 bits per heavy atom. The quantitative estimate of drug-likeness (QED) is 0.477. The molecule has 7 heteroatoms. The molecule has 1 aliphatic heterocycles. The van der Waals surface area contributed by atoms with Gasteiger partial charge in [-0.1, -0.05) is 0 Å². The van der Waals surface area contributed by atoms with Gasteiger partial charge >= 0.3 is 0 Å². The fourth-order valence-electron chi connectivity index (χ4n) is 2.29. The Morgan fingerprint density at radius 2 is 2.20 bits per heavy atom. The average Bonchev–Trinajstić information content (AvgIpc) is 2.41. The van der Waals surface area contributed by atoms with Crippen LogP contribution >= 0.6 is 22.6 Å². The monoisotopic (exact) mass is 389 g/mol. The maximum atomic E-state index is 12.6. The zero-order chi connectivity index (χ0) is 14.9. The third-order valence-electron chi connectivity index (χ3n) is 3.69. The van der Waals surface area contributed by atoms with E-state index in [1.165, 1.54) is 12.1 Å². The second-order valence-electron chi connectivity index (χ2n) is 4.90. The molecule has 2 rings (SSSR count). The molecule has 0 aliphatic carbocycles. The lowest BCUT2D eigenvalue weighted by Crippen LogP contribution is -2.57. The number of nitro groups is 1. The van der Waals surface area contributed by atoms with Crippen LogP contribution in [0, 0.1) is 13.7 Å². The van der Waals surface area contributed by atoms with Crippen molar-refractivity contribution < 1.29 is 9.72 Å². The van der Waals surface area contributed by atoms with Gasteiger partial charge in [0.15, 0.2) is 0 Å². The SMILES string of the molecule is CC1NCCN(C(=O)c2ccc([N+](=O)[O-])cc2I)C1C. The number of rotatable bonds is 2. The summed E-state index contributed by atoms with van der Waals surface area (Å²) >= 11 is 1.98. The molecule has 108 valence electrons. The first kappa shape index (κ1) is 15.2. The van der Waals surface area contributed by atoms with Gasteiger partial charge in [0, 0.05) is 40.9 Å². The Bertz CT molecular complexity index is 550. The summed E-state index contributed by atoms with van der Waals surface area (Å²) in [6.07, 6.45) is 0. The van der Waals surface area contributed by atoms with Gasteiger partial charge in [-0.25, -0.2) is 0 Å². The number of nitrogens with zero attached hydrogens (tertiary/aromatic N) is 2. The van der Waals surface area contributed by atoms with Crippen molar-refractivity contribution >= 4 is 34.2 Å². The van der Waals surface area contributed by atoms with E-state index in [1.54, 1.807) is 6.07 Å². The topological polar surface area (TPSA) is 75.5 Å². The minimum atomic E-state index is -0.452. The Balaban J connectivity index is 2.27. The van der Waals surface area contributed by atoms with Gasteiger partial charge in [0.25, 0.3) is 11.6 Å². The Labute approximate surface area is 130 Å². The van der Waals surface area contributed by atoms with Crippen LogP contribution in [-0.2, 0) is 0 Å². The molecule has 6 nitrogen and oxygen atoms in total. The van der Waals surface area contributed by atoms with Gasteiger partial charge in [0.2, 0.25) is 0 Å². The maximum Gasteiger partial charge on any atom is 0.270 e. The predicted octanol–water partition coefficient (Wildman–Crippen LogP) is 2.02. The molecule has 0 bridgehead atoms. The summed E-state index contributed by atoms with van der Waals surface area (Å²) < 4.78 is 0.611. The van der Waals surface area contributed by atoms with Crippen LogP contribution in [0.1, 0.15) is 24.2 Å². The van der Waals surface area contributed by atoms with Crippen LogP contribution in [0.25, 0.3) is 0 Å². The summed E-state index contributed by atoms with van der Waals surface area (Å²) in [5.41, 5.74) is 0.532. The minimum absolute atomic E-state index is 0.00711. The highest BCUT2D eigenvalue weighted by atomic mass is 127. The Kier molecular flexibility index (Phi) is 4.59. The number of nitrogens with one attached hydrogen (secondary N) is 1. The molecule has 1 fully saturated rings. The summed E-state index contributed by atoms with van der Waals surface area (Å²) in [4.78, 5) is 24.7. The number of carbonyl (C=O) groups excluding carboxylic acids is 1. The molecule has 1 N–H and O–H groups in total. The molecule has 1 aliphatic rings. The van der Waals surface area contributed by atoms with Crippen LogP contribution < -0.4 is 5.32 Å². The van der Waals surface area contributed by atoms with Gasteiger partial charge in [-0.3, -0.25) is 14.9 Å². The van der Waals surface area contributed by atoms with Gasteiger partial charge in [-0.2, -0.15) is 0 Å². The maximum absolute atomic E-state index is 12.6. The third-order valence-corrected chi connectivity index (χ3v) is 4.58. The number of carbonyl (C=O) groups is 1. The zero-order valence-electron chi connectivity index (χ0n) is 11.3. The summed E-state index contributed by atoms with van der Waals surface area (Å²) in [7, 11) is 0. The molecule has 0 spiro atoms. The van der Waals surface area contributed by atoms with Gasteiger partial charge in [-0.15, -0.1) is 0 Å². The second kappa shape index (κ2) is 6.04. The van der Waals surface area contributed by atoms with E-state index < -0.39 is 4.92 Å². The number of hydrogen-bond donors (Lipinski definition) is 1. The van der Waals surface area contributed by atoms with Crippen molar-refractivity contribution in [1.82, 2.24) is 10.2 Å². The zero-order valence-corrected chi connectivity index (χ0v) is 13.5. The first-order valence-electron chi connectivity index (χ1n) is 6.40. The van der Waals surface area contributed by atoms with Crippen molar-refractivity contribution in [3.8, 4) is 0 Å². The van der Waals surface area contributed by atoms with E-state index in [2.05, 4.69) is 5.32 Å². The first-order chi connectivity index (χ1) is 9.41. The summed E-state index contributed by atoms with van der Waals surface area (Å²) in [6, 6.07) is 4.70. The van der Waals surface area contributed by atoms with Crippen LogP contribution in [0.4, 0.5) is 5.69 Å². The summed E-state index contributed by atoms with van der Waals surface area (Å²) in [5.74, 6) is -0.0647. The summed E-state index contributed by atoms with van der Waals surface area (Å²) in [5, 5.41) is 14.1. The van der Waals surface area contributed by atoms with Crippen molar-refractivity contribution in [3.05, 3.63) is 37.4 Å². The highest BCUT2D eigenvalue weighted by molar-refractivity contribution is 14.1. The lowest BCUT2D eigenvalue weighted by atomic mass is 10.1.